The standard InChI is InChI=1S/C24H26N4O2/c1-15-8-7-11-21(16(15)2)28-14-19(12-23(28)30)20-13-22(29)27-24(26-20)25-17(3)18-9-5-4-6-10-18/h4-11,13,17,19H,12,14H2,1-3H3,(H2,25,26,27,29)/t17-,19-/m0/s1. The Morgan fingerprint density at radius 3 is 2.63 bits per heavy atom. The molecule has 1 aliphatic rings. The van der Waals surface area contributed by atoms with Crippen molar-refractivity contribution in [3.05, 3.63) is 87.3 Å². The normalized spacial score (nSPS) is 17.2. The van der Waals surface area contributed by atoms with Gasteiger partial charge in [-0.25, -0.2) is 4.98 Å². The summed E-state index contributed by atoms with van der Waals surface area (Å²) in [6.07, 6.45) is 0.345. The highest BCUT2D eigenvalue weighted by atomic mass is 16.2. The highest BCUT2D eigenvalue weighted by Crippen LogP contribution is 2.33. The monoisotopic (exact) mass is 402 g/mol. The molecule has 2 N–H and O–H groups in total. The van der Waals surface area contributed by atoms with Gasteiger partial charge in [0.15, 0.2) is 0 Å². The number of H-pyrrole nitrogens is 1. The van der Waals surface area contributed by atoms with Gasteiger partial charge in [-0.1, -0.05) is 42.5 Å². The van der Waals surface area contributed by atoms with Crippen LogP contribution in [0.3, 0.4) is 0 Å². The van der Waals surface area contributed by atoms with Crippen LogP contribution in [0, 0.1) is 13.8 Å². The first kappa shape index (κ1) is 19.9. The van der Waals surface area contributed by atoms with Gasteiger partial charge < -0.3 is 10.2 Å². The quantitative estimate of drug-likeness (QED) is 0.674. The van der Waals surface area contributed by atoms with Crippen molar-refractivity contribution in [3.63, 3.8) is 0 Å². The van der Waals surface area contributed by atoms with E-state index in [4.69, 9.17) is 0 Å². The molecule has 3 aromatic rings. The summed E-state index contributed by atoms with van der Waals surface area (Å²) >= 11 is 0. The number of hydrogen-bond donors (Lipinski definition) is 2. The van der Waals surface area contributed by atoms with Gasteiger partial charge in [-0.3, -0.25) is 14.6 Å². The Morgan fingerprint density at radius 1 is 1.10 bits per heavy atom. The summed E-state index contributed by atoms with van der Waals surface area (Å²) in [5.74, 6) is 0.363. The van der Waals surface area contributed by atoms with E-state index < -0.39 is 0 Å². The predicted octanol–water partition coefficient (Wildman–Crippen LogP) is 4.08. The average molecular weight is 402 g/mol. The van der Waals surface area contributed by atoms with Crippen LogP contribution < -0.4 is 15.8 Å². The molecule has 6 nitrogen and oxygen atoms in total. The zero-order valence-corrected chi connectivity index (χ0v) is 17.5. The Labute approximate surface area is 176 Å². The molecular weight excluding hydrogens is 376 g/mol. The van der Waals surface area contributed by atoms with Crippen LogP contribution in [0.5, 0.6) is 0 Å². The maximum absolute atomic E-state index is 12.8. The maximum atomic E-state index is 12.8. The number of benzene rings is 2. The topological polar surface area (TPSA) is 78.1 Å². The lowest BCUT2D eigenvalue weighted by Gasteiger charge is -2.20. The molecule has 154 valence electrons. The second kappa shape index (κ2) is 8.14. The minimum Gasteiger partial charge on any atom is -0.349 e. The first-order valence-corrected chi connectivity index (χ1v) is 10.2. The second-order valence-corrected chi connectivity index (χ2v) is 7.92. The Kier molecular flexibility index (Phi) is 5.40. The number of anilines is 2. The zero-order valence-electron chi connectivity index (χ0n) is 17.5. The first-order valence-electron chi connectivity index (χ1n) is 10.2. The van der Waals surface area contributed by atoms with Crippen molar-refractivity contribution >= 4 is 17.5 Å². The van der Waals surface area contributed by atoms with Crippen LogP contribution in [-0.2, 0) is 4.79 Å². The van der Waals surface area contributed by atoms with Crippen LogP contribution >= 0.6 is 0 Å². The van der Waals surface area contributed by atoms with E-state index >= 15 is 0 Å². The Hall–Kier alpha value is -3.41. The van der Waals surface area contributed by atoms with E-state index in [0.717, 1.165) is 22.4 Å². The molecule has 0 unspecified atom stereocenters. The molecule has 2 aromatic carbocycles. The molecule has 0 spiro atoms. The van der Waals surface area contributed by atoms with Crippen molar-refractivity contribution in [1.82, 2.24) is 9.97 Å². The number of aryl methyl sites for hydroxylation is 1. The lowest BCUT2D eigenvalue weighted by Crippen LogP contribution is -2.25. The predicted molar refractivity (Wildman–Crippen MR) is 119 cm³/mol. The van der Waals surface area contributed by atoms with Crippen LogP contribution in [0.4, 0.5) is 11.6 Å². The van der Waals surface area contributed by atoms with Gasteiger partial charge in [0, 0.05) is 30.6 Å². The highest BCUT2D eigenvalue weighted by Gasteiger charge is 2.33. The molecule has 1 fully saturated rings. The molecule has 1 aliphatic heterocycles. The summed E-state index contributed by atoms with van der Waals surface area (Å²) in [7, 11) is 0. The lowest BCUT2D eigenvalue weighted by atomic mass is 10.0. The van der Waals surface area contributed by atoms with Gasteiger partial charge in [0.05, 0.1) is 11.7 Å². The second-order valence-electron chi connectivity index (χ2n) is 7.92. The van der Waals surface area contributed by atoms with E-state index in [1.165, 1.54) is 6.07 Å². The molecule has 2 heterocycles. The third kappa shape index (κ3) is 3.99. The van der Waals surface area contributed by atoms with Gasteiger partial charge in [0.25, 0.3) is 5.56 Å². The van der Waals surface area contributed by atoms with Gasteiger partial charge in [-0.15, -0.1) is 0 Å². The van der Waals surface area contributed by atoms with Gasteiger partial charge >= 0.3 is 0 Å². The average Bonchev–Trinajstić information content (AvgIpc) is 3.12. The number of rotatable bonds is 5. The van der Waals surface area contributed by atoms with Crippen molar-refractivity contribution in [3.8, 4) is 0 Å². The van der Waals surface area contributed by atoms with Crippen LogP contribution in [0.2, 0.25) is 0 Å². The maximum Gasteiger partial charge on any atom is 0.252 e. The van der Waals surface area contributed by atoms with Crippen molar-refractivity contribution in [2.24, 2.45) is 0 Å². The molecule has 2 atom stereocenters. The fourth-order valence-electron chi connectivity index (χ4n) is 3.95. The summed E-state index contributed by atoms with van der Waals surface area (Å²) in [6, 6.07) is 17.5. The number of aromatic nitrogens is 2. The van der Waals surface area contributed by atoms with E-state index in [9.17, 15) is 9.59 Å². The van der Waals surface area contributed by atoms with E-state index in [2.05, 4.69) is 15.3 Å². The molecule has 6 heteroatoms. The van der Waals surface area contributed by atoms with Crippen molar-refractivity contribution < 1.29 is 4.79 Å². The van der Waals surface area contributed by atoms with E-state index in [1.807, 2.05) is 74.2 Å². The fraction of sp³-hybridized carbons (Fsp3) is 0.292. The molecule has 0 aliphatic carbocycles. The number of nitrogens with one attached hydrogen (secondary N) is 2. The molecule has 0 saturated carbocycles. The van der Waals surface area contributed by atoms with Gasteiger partial charge in [-0.05, 0) is 43.5 Å². The number of carbonyl (C=O) groups is 1. The summed E-state index contributed by atoms with van der Waals surface area (Å²) < 4.78 is 0. The Balaban J connectivity index is 1.57. The molecule has 0 radical (unpaired) electrons. The van der Waals surface area contributed by atoms with Crippen LogP contribution in [0.1, 0.15) is 47.7 Å². The number of aromatic amines is 1. The summed E-state index contributed by atoms with van der Waals surface area (Å²) in [6.45, 7) is 6.61. The van der Waals surface area contributed by atoms with Crippen molar-refractivity contribution in [2.75, 3.05) is 16.8 Å². The number of carbonyl (C=O) groups excluding carboxylic acids is 1. The van der Waals surface area contributed by atoms with Crippen LogP contribution in [0.15, 0.2) is 59.4 Å². The third-order valence-corrected chi connectivity index (χ3v) is 5.82. The molecule has 1 aromatic heterocycles. The number of amides is 1. The molecule has 0 bridgehead atoms. The van der Waals surface area contributed by atoms with Crippen molar-refractivity contribution in [2.45, 2.75) is 39.2 Å². The third-order valence-electron chi connectivity index (χ3n) is 5.82. The largest absolute Gasteiger partial charge is 0.349 e. The molecule has 30 heavy (non-hydrogen) atoms. The van der Waals surface area contributed by atoms with Gasteiger partial charge in [-0.2, -0.15) is 0 Å². The SMILES string of the molecule is Cc1cccc(N2C[C@@H](c3cc(=O)[nH]c(N[C@@H](C)c4ccccc4)n3)CC2=O)c1C. The van der Waals surface area contributed by atoms with Crippen LogP contribution in [-0.4, -0.2) is 22.4 Å². The zero-order chi connectivity index (χ0) is 21.3. The lowest BCUT2D eigenvalue weighted by molar-refractivity contribution is -0.117. The van der Waals surface area contributed by atoms with E-state index in [1.54, 1.807) is 0 Å². The molecule has 1 amide bonds. The van der Waals surface area contributed by atoms with Crippen LogP contribution in [0.25, 0.3) is 0 Å². The van der Waals surface area contributed by atoms with Gasteiger partial charge in [0.1, 0.15) is 0 Å². The van der Waals surface area contributed by atoms with E-state index in [0.29, 0.717) is 24.6 Å². The number of nitrogens with zero attached hydrogens (tertiary/aromatic N) is 2. The first-order chi connectivity index (χ1) is 14.4. The minimum atomic E-state index is -0.222. The van der Waals surface area contributed by atoms with Gasteiger partial charge in [0.2, 0.25) is 11.9 Å². The summed E-state index contributed by atoms with van der Waals surface area (Å²) in [5.41, 5.74) is 4.71. The van der Waals surface area contributed by atoms with E-state index in [-0.39, 0.29) is 23.4 Å². The highest BCUT2D eigenvalue weighted by molar-refractivity contribution is 5.97. The Morgan fingerprint density at radius 2 is 1.87 bits per heavy atom. The molecule has 1 saturated heterocycles. The summed E-state index contributed by atoms with van der Waals surface area (Å²) in [4.78, 5) is 34.3. The molecular formula is C24H26N4O2. The van der Waals surface area contributed by atoms with Crippen molar-refractivity contribution in [1.29, 1.82) is 0 Å². The molecule has 4 rings (SSSR count). The smallest absolute Gasteiger partial charge is 0.252 e. The number of hydrogen-bond acceptors (Lipinski definition) is 4. The fourth-order valence-corrected chi connectivity index (χ4v) is 3.95. The minimum absolute atomic E-state index is 0.0127. The summed E-state index contributed by atoms with van der Waals surface area (Å²) in [5, 5.41) is 3.27. The Bertz CT molecular complexity index is 1120.